The van der Waals surface area contributed by atoms with Crippen molar-refractivity contribution in [2.45, 2.75) is 11.8 Å². The molecule has 0 saturated heterocycles. The van der Waals surface area contributed by atoms with Gasteiger partial charge in [0.05, 0.1) is 10.6 Å². The number of aryl methyl sites for hydroxylation is 1. The highest BCUT2D eigenvalue weighted by Crippen LogP contribution is 2.27. The van der Waals surface area contributed by atoms with Crippen molar-refractivity contribution in [3.05, 3.63) is 90.2 Å². The lowest BCUT2D eigenvalue weighted by atomic mass is 10.2. The molecule has 1 aromatic heterocycles. The molecule has 0 radical (unpaired) electrons. The van der Waals surface area contributed by atoms with Gasteiger partial charge in [0.2, 0.25) is 11.0 Å². The molecular weight excluding hydrogens is 463 g/mol. The van der Waals surface area contributed by atoms with Crippen molar-refractivity contribution in [1.82, 2.24) is 10.2 Å². The van der Waals surface area contributed by atoms with Crippen molar-refractivity contribution in [1.29, 1.82) is 0 Å². The van der Waals surface area contributed by atoms with Crippen LogP contribution in [0.2, 0.25) is 0 Å². The van der Waals surface area contributed by atoms with Crippen LogP contribution in [0.4, 0.5) is 15.2 Å². The standard InChI is InChI=1S/C23H19FN4O3S2/c1-16-7-9-17(10-8-16)22-26-27-23(32-22)25-21(29)15-28(19-5-3-2-4-6-19)33(30,31)20-13-11-18(24)12-14-20/h2-14H,15H2,1H3,(H,25,27,29). The van der Waals surface area contributed by atoms with Gasteiger partial charge in [-0.25, -0.2) is 12.8 Å². The highest BCUT2D eigenvalue weighted by molar-refractivity contribution is 7.92. The summed E-state index contributed by atoms with van der Waals surface area (Å²) < 4.78 is 40.8. The molecule has 7 nitrogen and oxygen atoms in total. The van der Waals surface area contributed by atoms with Gasteiger partial charge in [-0.05, 0) is 43.3 Å². The van der Waals surface area contributed by atoms with Crippen molar-refractivity contribution in [3.8, 4) is 10.6 Å². The number of benzene rings is 3. The molecule has 1 heterocycles. The Morgan fingerprint density at radius 2 is 1.64 bits per heavy atom. The van der Waals surface area contributed by atoms with Gasteiger partial charge in [-0.15, -0.1) is 10.2 Å². The summed E-state index contributed by atoms with van der Waals surface area (Å²) in [5, 5.41) is 11.6. The molecule has 3 aromatic carbocycles. The maximum absolute atomic E-state index is 13.3. The molecule has 0 atom stereocenters. The minimum absolute atomic E-state index is 0.127. The van der Waals surface area contributed by atoms with Gasteiger partial charge in [-0.1, -0.05) is 59.4 Å². The van der Waals surface area contributed by atoms with Gasteiger partial charge >= 0.3 is 0 Å². The van der Waals surface area contributed by atoms with Gasteiger partial charge in [-0.3, -0.25) is 14.4 Å². The van der Waals surface area contributed by atoms with Gasteiger partial charge in [0.25, 0.3) is 10.0 Å². The average molecular weight is 483 g/mol. The van der Waals surface area contributed by atoms with Crippen LogP contribution in [0.25, 0.3) is 10.6 Å². The number of carbonyl (C=O) groups excluding carboxylic acids is 1. The molecule has 0 unspecified atom stereocenters. The Morgan fingerprint density at radius 1 is 0.970 bits per heavy atom. The maximum Gasteiger partial charge on any atom is 0.264 e. The van der Waals surface area contributed by atoms with E-state index in [0.29, 0.717) is 10.7 Å². The summed E-state index contributed by atoms with van der Waals surface area (Å²) in [4.78, 5) is 12.7. The molecule has 33 heavy (non-hydrogen) atoms. The van der Waals surface area contributed by atoms with Crippen LogP contribution in [0.5, 0.6) is 0 Å². The first-order chi connectivity index (χ1) is 15.8. The first-order valence-corrected chi connectivity index (χ1v) is 12.1. The zero-order valence-electron chi connectivity index (χ0n) is 17.5. The van der Waals surface area contributed by atoms with Crippen molar-refractivity contribution in [2.75, 3.05) is 16.2 Å². The van der Waals surface area contributed by atoms with E-state index in [4.69, 9.17) is 0 Å². The lowest BCUT2D eigenvalue weighted by Crippen LogP contribution is -2.38. The number of amides is 1. The molecule has 1 amide bonds. The van der Waals surface area contributed by atoms with Gasteiger partial charge in [0.1, 0.15) is 17.4 Å². The number of hydrogen-bond donors (Lipinski definition) is 1. The molecule has 10 heteroatoms. The molecule has 0 bridgehead atoms. The van der Waals surface area contributed by atoms with Gasteiger partial charge < -0.3 is 0 Å². The number of para-hydroxylation sites is 1. The Bertz CT molecular complexity index is 1360. The second kappa shape index (κ2) is 9.47. The second-order valence-corrected chi connectivity index (χ2v) is 9.97. The molecule has 0 aliphatic rings. The number of nitrogens with zero attached hydrogens (tertiary/aromatic N) is 3. The summed E-state index contributed by atoms with van der Waals surface area (Å²) in [6.07, 6.45) is 0. The first-order valence-electron chi connectivity index (χ1n) is 9.87. The Kier molecular flexibility index (Phi) is 6.47. The van der Waals surface area contributed by atoms with E-state index in [1.54, 1.807) is 30.3 Å². The van der Waals surface area contributed by atoms with Crippen LogP contribution in [0.1, 0.15) is 5.56 Å². The van der Waals surface area contributed by atoms with Crippen molar-refractivity contribution in [3.63, 3.8) is 0 Å². The quantitative estimate of drug-likeness (QED) is 0.419. The number of halogens is 1. The maximum atomic E-state index is 13.3. The molecule has 4 aromatic rings. The predicted molar refractivity (Wildman–Crippen MR) is 126 cm³/mol. The fourth-order valence-corrected chi connectivity index (χ4v) is 5.21. The van der Waals surface area contributed by atoms with Gasteiger partial charge in [0.15, 0.2) is 0 Å². The van der Waals surface area contributed by atoms with E-state index in [0.717, 1.165) is 39.7 Å². The topological polar surface area (TPSA) is 92.3 Å². The average Bonchev–Trinajstić information content (AvgIpc) is 3.27. The zero-order chi connectivity index (χ0) is 23.4. The van der Waals surface area contributed by atoms with Crippen molar-refractivity contribution in [2.24, 2.45) is 0 Å². The SMILES string of the molecule is Cc1ccc(-c2nnc(NC(=O)CN(c3ccccc3)S(=O)(=O)c3ccc(F)cc3)s2)cc1. The van der Waals surface area contributed by atoms with Crippen molar-refractivity contribution < 1.29 is 17.6 Å². The number of carbonyl (C=O) groups is 1. The van der Waals surface area contributed by atoms with Crippen LogP contribution < -0.4 is 9.62 Å². The molecule has 0 fully saturated rings. The van der Waals surface area contributed by atoms with Crippen LogP contribution in [0.15, 0.2) is 83.8 Å². The largest absolute Gasteiger partial charge is 0.299 e. The van der Waals surface area contributed by atoms with E-state index >= 15 is 0 Å². The van der Waals surface area contributed by atoms with Crippen LogP contribution in [-0.2, 0) is 14.8 Å². The van der Waals surface area contributed by atoms with Gasteiger partial charge in [0, 0.05) is 5.56 Å². The normalized spacial score (nSPS) is 11.2. The zero-order valence-corrected chi connectivity index (χ0v) is 19.1. The van der Waals surface area contributed by atoms with E-state index in [-0.39, 0.29) is 10.0 Å². The minimum atomic E-state index is -4.13. The Balaban J connectivity index is 1.56. The summed E-state index contributed by atoms with van der Waals surface area (Å²) in [5.41, 5.74) is 2.28. The first kappa shape index (κ1) is 22.6. The lowest BCUT2D eigenvalue weighted by Gasteiger charge is -2.23. The van der Waals surface area contributed by atoms with Crippen molar-refractivity contribution >= 4 is 38.1 Å². The third kappa shape index (κ3) is 5.24. The lowest BCUT2D eigenvalue weighted by molar-refractivity contribution is -0.114. The van der Waals surface area contributed by atoms with Gasteiger partial charge in [-0.2, -0.15) is 0 Å². The number of nitrogens with one attached hydrogen (secondary N) is 1. The third-order valence-corrected chi connectivity index (χ3v) is 7.38. The minimum Gasteiger partial charge on any atom is -0.299 e. The molecule has 0 spiro atoms. The fourth-order valence-electron chi connectivity index (χ4n) is 3.02. The number of aromatic nitrogens is 2. The Hall–Kier alpha value is -3.63. The van der Waals surface area contributed by atoms with E-state index in [9.17, 15) is 17.6 Å². The second-order valence-electron chi connectivity index (χ2n) is 7.13. The number of rotatable bonds is 7. The Morgan fingerprint density at radius 3 is 2.30 bits per heavy atom. The summed E-state index contributed by atoms with van der Waals surface area (Å²) in [6.45, 7) is 1.48. The van der Waals surface area contributed by atoms with Crippen LogP contribution >= 0.6 is 11.3 Å². The van der Waals surface area contributed by atoms with Crippen LogP contribution in [0, 0.1) is 12.7 Å². The van der Waals surface area contributed by atoms with E-state index in [1.165, 1.54) is 11.3 Å². The monoisotopic (exact) mass is 482 g/mol. The van der Waals surface area contributed by atoms with E-state index < -0.39 is 28.3 Å². The predicted octanol–water partition coefficient (Wildman–Crippen LogP) is 4.49. The third-order valence-electron chi connectivity index (χ3n) is 4.70. The molecule has 0 aliphatic carbocycles. The highest BCUT2D eigenvalue weighted by atomic mass is 32.2. The van der Waals surface area contributed by atoms with E-state index in [2.05, 4.69) is 15.5 Å². The molecular formula is C23H19FN4O3S2. The van der Waals surface area contributed by atoms with Crippen LogP contribution in [0.3, 0.4) is 0 Å². The van der Waals surface area contributed by atoms with E-state index in [1.807, 2.05) is 31.2 Å². The summed E-state index contributed by atoms with van der Waals surface area (Å²) in [6, 6.07) is 20.4. The molecule has 168 valence electrons. The molecule has 4 rings (SSSR count). The number of hydrogen-bond acceptors (Lipinski definition) is 6. The summed E-state index contributed by atoms with van der Waals surface area (Å²) in [5.74, 6) is -1.14. The summed E-state index contributed by atoms with van der Waals surface area (Å²) in [7, 11) is -4.13. The number of sulfonamides is 1. The van der Waals surface area contributed by atoms with Crippen LogP contribution in [-0.4, -0.2) is 31.1 Å². The summed E-state index contributed by atoms with van der Waals surface area (Å²) >= 11 is 1.18. The molecule has 1 N–H and O–H groups in total. The molecule has 0 saturated carbocycles. The molecule has 0 aliphatic heterocycles. The Labute approximate surface area is 194 Å². The number of anilines is 2. The fraction of sp³-hybridized carbons (Fsp3) is 0.0870. The smallest absolute Gasteiger partial charge is 0.264 e. The highest BCUT2D eigenvalue weighted by Gasteiger charge is 2.27.